The molecule has 4 rings (SSSR count). The summed E-state index contributed by atoms with van der Waals surface area (Å²) in [6.45, 7) is 8.69. The highest BCUT2D eigenvalue weighted by atomic mass is 79.9. The number of aryl methyl sites for hydroxylation is 1. The molecule has 0 unspecified atom stereocenters. The van der Waals surface area contributed by atoms with Crippen LogP contribution in [0.5, 0.6) is 0 Å². The highest BCUT2D eigenvalue weighted by Gasteiger charge is 2.21. The van der Waals surface area contributed by atoms with Crippen LogP contribution in [-0.4, -0.2) is 15.5 Å². The van der Waals surface area contributed by atoms with E-state index in [1.54, 1.807) is 4.57 Å². The number of carbonyl (C=O) groups is 1. The minimum atomic E-state index is -0.160. The Morgan fingerprint density at radius 2 is 1.66 bits per heavy atom. The number of hydrogen-bond acceptors (Lipinski definition) is 3. The van der Waals surface area contributed by atoms with E-state index in [0.29, 0.717) is 12.4 Å². The zero-order chi connectivity index (χ0) is 25.2. The van der Waals surface area contributed by atoms with E-state index in [1.807, 2.05) is 55.5 Å². The van der Waals surface area contributed by atoms with Crippen molar-refractivity contribution in [1.29, 1.82) is 0 Å². The molecule has 0 saturated heterocycles. The summed E-state index contributed by atoms with van der Waals surface area (Å²) in [4.78, 5) is 17.7. The maximum absolute atomic E-state index is 13.0. The van der Waals surface area contributed by atoms with E-state index in [2.05, 4.69) is 66.3 Å². The number of amides is 1. The number of anilines is 2. The average molecular weight is 531 g/mol. The molecule has 3 N–H and O–H groups in total. The summed E-state index contributed by atoms with van der Waals surface area (Å²) >= 11 is 3.67. The third kappa shape index (κ3) is 5.82. The highest BCUT2D eigenvalue weighted by Crippen LogP contribution is 2.34. The summed E-state index contributed by atoms with van der Waals surface area (Å²) in [5.41, 5.74) is 13.4. The van der Waals surface area contributed by atoms with Crippen LogP contribution in [0.15, 0.2) is 77.3 Å². The maximum atomic E-state index is 13.0. The molecule has 1 aromatic heterocycles. The Labute approximate surface area is 215 Å². The molecule has 6 heteroatoms. The lowest BCUT2D eigenvalue weighted by atomic mass is 9.86. The van der Waals surface area contributed by atoms with Crippen molar-refractivity contribution in [2.75, 3.05) is 11.1 Å². The van der Waals surface area contributed by atoms with Gasteiger partial charge in [-0.2, -0.15) is 0 Å². The summed E-state index contributed by atoms with van der Waals surface area (Å²) < 4.78 is 2.71. The monoisotopic (exact) mass is 530 g/mol. The van der Waals surface area contributed by atoms with Crippen molar-refractivity contribution in [3.63, 3.8) is 0 Å². The van der Waals surface area contributed by atoms with Gasteiger partial charge < -0.3 is 15.6 Å². The minimum Gasteiger partial charge on any atom is -0.369 e. The molecule has 0 aliphatic rings. The molecule has 180 valence electrons. The van der Waals surface area contributed by atoms with Crippen LogP contribution in [0.4, 0.5) is 11.6 Å². The van der Waals surface area contributed by atoms with Crippen LogP contribution in [0.2, 0.25) is 0 Å². The number of aromatic nitrogens is 2. The van der Waals surface area contributed by atoms with Crippen LogP contribution in [0, 0.1) is 6.92 Å². The molecule has 0 spiro atoms. The van der Waals surface area contributed by atoms with Crippen molar-refractivity contribution in [1.82, 2.24) is 9.55 Å². The largest absolute Gasteiger partial charge is 0.369 e. The molecular weight excluding hydrogens is 500 g/mol. The van der Waals surface area contributed by atoms with Crippen molar-refractivity contribution in [2.24, 2.45) is 0 Å². The van der Waals surface area contributed by atoms with Gasteiger partial charge in [0, 0.05) is 22.1 Å². The maximum Gasteiger partial charge on any atom is 0.244 e. The molecule has 0 aliphatic heterocycles. The first-order chi connectivity index (χ1) is 16.6. The smallest absolute Gasteiger partial charge is 0.244 e. The van der Waals surface area contributed by atoms with Crippen molar-refractivity contribution >= 4 is 33.5 Å². The van der Waals surface area contributed by atoms with Gasteiger partial charge in [-0.1, -0.05) is 96.9 Å². The highest BCUT2D eigenvalue weighted by molar-refractivity contribution is 9.10. The zero-order valence-electron chi connectivity index (χ0n) is 20.6. The number of nitrogens with two attached hydrogens (primary N) is 1. The molecular formula is C29H31BrN4O. The molecule has 35 heavy (non-hydrogen) atoms. The van der Waals surface area contributed by atoms with E-state index in [1.165, 1.54) is 5.56 Å². The number of hydrogen-bond donors (Lipinski definition) is 2. The van der Waals surface area contributed by atoms with E-state index >= 15 is 0 Å². The molecule has 0 fully saturated rings. The number of nitrogen functional groups attached to an aromatic ring is 1. The van der Waals surface area contributed by atoms with Gasteiger partial charge in [0.25, 0.3) is 0 Å². The fraction of sp³-hybridized carbons (Fsp3) is 0.241. The third-order valence-corrected chi connectivity index (χ3v) is 6.72. The van der Waals surface area contributed by atoms with Crippen molar-refractivity contribution in [2.45, 2.75) is 46.1 Å². The van der Waals surface area contributed by atoms with Crippen molar-refractivity contribution < 1.29 is 4.79 Å². The number of halogens is 1. The Hall–Kier alpha value is -3.38. The van der Waals surface area contributed by atoms with Gasteiger partial charge in [-0.3, -0.25) is 4.79 Å². The zero-order valence-corrected chi connectivity index (χ0v) is 22.2. The molecule has 5 nitrogen and oxygen atoms in total. The predicted octanol–water partition coefficient (Wildman–Crippen LogP) is 6.73. The van der Waals surface area contributed by atoms with Gasteiger partial charge in [-0.15, -0.1) is 0 Å². The van der Waals surface area contributed by atoms with Crippen LogP contribution < -0.4 is 11.1 Å². The summed E-state index contributed by atoms with van der Waals surface area (Å²) in [5.74, 6) is 0.156. The summed E-state index contributed by atoms with van der Waals surface area (Å²) in [6.07, 6.45) is 0.609. The van der Waals surface area contributed by atoms with Crippen LogP contribution in [0.25, 0.3) is 11.3 Å². The van der Waals surface area contributed by atoms with Gasteiger partial charge in [-0.05, 0) is 41.7 Å². The SMILES string of the molecule is Cc1ccc(NC(=O)Cn2c(N)nc(Cc3ccc(C(C)(C)C)cc3)c2-c2ccccc2Br)cc1. The molecule has 0 atom stereocenters. The molecule has 0 bridgehead atoms. The lowest BCUT2D eigenvalue weighted by Crippen LogP contribution is -2.20. The number of imidazole rings is 1. The number of rotatable bonds is 6. The lowest BCUT2D eigenvalue weighted by Gasteiger charge is -2.19. The fourth-order valence-electron chi connectivity index (χ4n) is 4.06. The Morgan fingerprint density at radius 3 is 2.29 bits per heavy atom. The molecule has 0 radical (unpaired) electrons. The van der Waals surface area contributed by atoms with E-state index in [4.69, 9.17) is 10.7 Å². The van der Waals surface area contributed by atoms with E-state index < -0.39 is 0 Å². The predicted molar refractivity (Wildman–Crippen MR) is 148 cm³/mol. The third-order valence-electron chi connectivity index (χ3n) is 6.03. The first kappa shape index (κ1) is 24.7. The van der Waals surface area contributed by atoms with E-state index in [-0.39, 0.29) is 17.9 Å². The second kappa shape index (κ2) is 10.1. The van der Waals surface area contributed by atoms with Crippen LogP contribution in [-0.2, 0) is 23.2 Å². The van der Waals surface area contributed by atoms with Gasteiger partial charge in [-0.25, -0.2) is 4.98 Å². The quantitative estimate of drug-likeness (QED) is 0.290. The topological polar surface area (TPSA) is 72.9 Å². The van der Waals surface area contributed by atoms with Crippen molar-refractivity contribution in [3.8, 4) is 11.3 Å². The van der Waals surface area contributed by atoms with Crippen molar-refractivity contribution in [3.05, 3.63) is 99.7 Å². The van der Waals surface area contributed by atoms with Gasteiger partial charge >= 0.3 is 0 Å². The van der Waals surface area contributed by atoms with Gasteiger partial charge in [0.1, 0.15) is 6.54 Å². The summed E-state index contributed by atoms with van der Waals surface area (Å²) in [5, 5.41) is 2.96. The van der Waals surface area contributed by atoms with Crippen LogP contribution in [0.3, 0.4) is 0 Å². The Bertz CT molecular complexity index is 1330. The second-order valence-electron chi connectivity index (χ2n) is 9.87. The first-order valence-electron chi connectivity index (χ1n) is 11.7. The van der Waals surface area contributed by atoms with E-state index in [9.17, 15) is 4.79 Å². The Balaban J connectivity index is 1.68. The molecule has 3 aromatic carbocycles. The average Bonchev–Trinajstić information content (AvgIpc) is 3.09. The number of nitrogens with zero attached hydrogens (tertiary/aromatic N) is 2. The summed E-state index contributed by atoms with van der Waals surface area (Å²) in [7, 11) is 0. The molecule has 0 aliphatic carbocycles. The number of carbonyl (C=O) groups excluding carboxylic acids is 1. The fourth-order valence-corrected chi connectivity index (χ4v) is 4.53. The van der Waals surface area contributed by atoms with Gasteiger partial charge in [0.2, 0.25) is 11.9 Å². The first-order valence-corrected chi connectivity index (χ1v) is 12.5. The molecule has 1 heterocycles. The second-order valence-corrected chi connectivity index (χ2v) is 10.7. The minimum absolute atomic E-state index is 0.0618. The molecule has 0 saturated carbocycles. The summed E-state index contributed by atoms with van der Waals surface area (Å²) in [6, 6.07) is 24.3. The van der Waals surface area contributed by atoms with Gasteiger partial charge in [0.05, 0.1) is 11.4 Å². The Morgan fingerprint density at radius 1 is 1.00 bits per heavy atom. The number of nitrogens with one attached hydrogen (secondary N) is 1. The normalized spacial score (nSPS) is 11.5. The standard InChI is InChI=1S/C29H31BrN4O/c1-19-9-15-22(16-10-19)32-26(35)18-34-27(23-7-5-6-8-24(23)30)25(33-28(34)31)17-20-11-13-21(14-12-20)29(2,3)4/h5-16H,17-18H2,1-4H3,(H2,31,33)(H,32,35). The van der Waals surface area contributed by atoms with Crippen LogP contribution >= 0.6 is 15.9 Å². The van der Waals surface area contributed by atoms with Crippen LogP contribution in [0.1, 0.15) is 43.2 Å². The molecule has 1 amide bonds. The lowest BCUT2D eigenvalue weighted by molar-refractivity contribution is -0.116. The molecule has 4 aromatic rings. The Kier molecular flexibility index (Phi) is 7.13. The van der Waals surface area contributed by atoms with Gasteiger partial charge in [0.15, 0.2) is 0 Å². The van der Waals surface area contributed by atoms with E-state index in [0.717, 1.165) is 38.2 Å². The number of benzene rings is 3.